The number of hydrogen-bond donors (Lipinski definition) is 2. The van der Waals surface area contributed by atoms with Crippen molar-refractivity contribution >= 4 is 17.3 Å². The lowest BCUT2D eigenvalue weighted by Crippen LogP contribution is -2.20. The van der Waals surface area contributed by atoms with Gasteiger partial charge in [-0.25, -0.2) is 9.37 Å². The molecule has 0 spiro atoms. The van der Waals surface area contributed by atoms with Crippen LogP contribution in [0.4, 0.5) is 15.8 Å². The number of rotatable bonds is 5. The number of carbonyl (C=O) groups excluding carboxylic acids is 1. The van der Waals surface area contributed by atoms with E-state index in [0.717, 1.165) is 18.7 Å². The maximum Gasteiger partial charge on any atom is 0.244 e. The Kier molecular flexibility index (Phi) is 4.34. The summed E-state index contributed by atoms with van der Waals surface area (Å²) in [5.41, 5.74) is 6.31. The number of nitrogens with zero attached hydrogens (tertiary/aromatic N) is 2. The average Bonchev–Trinajstić information content (AvgIpc) is 2.82. The van der Waals surface area contributed by atoms with Gasteiger partial charge in [-0.15, -0.1) is 0 Å². The molecular formula is C14H17FN4O. The topological polar surface area (TPSA) is 72.9 Å². The van der Waals surface area contributed by atoms with Gasteiger partial charge in [-0.3, -0.25) is 4.79 Å². The third kappa shape index (κ3) is 3.34. The summed E-state index contributed by atoms with van der Waals surface area (Å²) in [4.78, 5) is 16.2. The minimum atomic E-state index is -0.441. The number of nitrogens with one attached hydrogen (secondary N) is 1. The van der Waals surface area contributed by atoms with Gasteiger partial charge in [0.2, 0.25) is 5.91 Å². The van der Waals surface area contributed by atoms with E-state index in [-0.39, 0.29) is 18.1 Å². The molecule has 0 atom stereocenters. The van der Waals surface area contributed by atoms with E-state index in [4.69, 9.17) is 5.73 Å². The Morgan fingerprint density at radius 2 is 2.30 bits per heavy atom. The minimum absolute atomic E-state index is 0.130. The first-order chi connectivity index (χ1) is 9.60. The Labute approximate surface area is 116 Å². The number of aromatic nitrogens is 2. The Morgan fingerprint density at radius 3 is 3.05 bits per heavy atom. The van der Waals surface area contributed by atoms with Crippen LogP contribution in [0.25, 0.3) is 0 Å². The average molecular weight is 276 g/mol. The predicted octanol–water partition coefficient (Wildman–Crippen LogP) is 2.20. The van der Waals surface area contributed by atoms with Crippen LogP contribution < -0.4 is 11.1 Å². The lowest BCUT2D eigenvalue weighted by atomic mass is 10.2. The van der Waals surface area contributed by atoms with Crippen LogP contribution in [0.15, 0.2) is 30.6 Å². The SMILES string of the molecule is CCCc1nccn1CC(=O)Nc1cc(F)ccc1N. The van der Waals surface area contributed by atoms with E-state index in [1.165, 1.54) is 18.2 Å². The standard InChI is InChI=1S/C14H17FN4O/c1-2-3-13-17-6-7-19(13)9-14(20)18-12-8-10(15)4-5-11(12)16/h4-8H,2-3,9,16H2,1H3,(H,18,20). The monoisotopic (exact) mass is 276 g/mol. The summed E-state index contributed by atoms with van der Waals surface area (Å²) in [7, 11) is 0. The lowest BCUT2D eigenvalue weighted by molar-refractivity contribution is -0.116. The highest BCUT2D eigenvalue weighted by Crippen LogP contribution is 2.19. The van der Waals surface area contributed by atoms with E-state index in [0.29, 0.717) is 5.69 Å². The third-order valence-electron chi connectivity index (χ3n) is 2.88. The van der Waals surface area contributed by atoms with Crippen molar-refractivity contribution in [3.8, 4) is 0 Å². The van der Waals surface area contributed by atoms with Gasteiger partial charge in [0.05, 0.1) is 11.4 Å². The number of imidazole rings is 1. The van der Waals surface area contributed by atoms with Gasteiger partial charge in [0.1, 0.15) is 18.2 Å². The second-order valence-corrected chi connectivity index (χ2v) is 4.50. The molecule has 2 rings (SSSR count). The maximum absolute atomic E-state index is 13.1. The molecule has 0 radical (unpaired) electrons. The zero-order valence-electron chi connectivity index (χ0n) is 11.3. The van der Waals surface area contributed by atoms with Crippen LogP contribution in [0.5, 0.6) is 0 Å². The second kappa shape index (κ2) is 6.18. The molecule has 1 amide bonds. The summed E-state index contributed by atoms with van der Waals surface area (Å²) >= 11 is 0. The fourth-order valence-corrected chi connectivity index (χ4v) is 1.92. The molecule has 0 aliphatic carbocycles. The van der Waals surface area contributed by atoms with Gasteiger partial charge < -0.3 is 15.6 Å². The van der Waals surface area contributed by atoms with E-state index in [1.54, 1.807) is 17.0 Å². The summed E-state index contributed by atoms with van der Waals surface area (Å²) in [6.45, 7) is 2.18. The third-order valence-corrected chi connectivity index (χ3v) is 2.88. The van der Waals surface area contributed by atoms with Crippen molar-refractivity contribution in [2.75, 3.05) is 11.1 Å². The zero-order valence-corrected chi connectivity index (χ0v) is 11.3. The highest BCUT2D eigenvalue weighted by molar-refractivity contribution is 5.93. The van der Waals surface area contributed by atoms with Crippen LogP contribution >= 0.6 is 0 Å². The Hall–Kier alpha value is -2.37. The smallest absolute Gasteiger partial charge is 0.244 e. The Bertz CT molecular complexity index is 609. The number of amides is 1. The molecule has 0 unspecified atom stereocenters. The number of nitrogens with two attached hydrogens (primary N) is 1. The summed E-state index contributed by atoms with van der Waals surface area (Å²) < 4.78 is 14.9. The van der Waals surface area contributed by atoms with Gasteiger partial charge in [0.25, 0.3) is 0 Å². The summed E-state index contributed by atoms with van der Waals surface area (Å²) in [5, 5.41) is 2.61. The van der Waals surface area contributed by atoms with Crippen molar-refractivity contribution in [1.82, 2.24) is 9.55 Å². The molecule has 0 bridgehead atoms. The molecule has 1 aromatic carbocycles. The van der Waals surface area contributed by atoms with Crippen molar-refractivity contribution < 1.29 is 9.18 Å². The normalized spacial score (nSPS) is 10.5. The molecule has 6 heteroatoms. The zero-order chi connectivity index (χ0) is 14.5. The largest absolute Gasteiger partial charge is 0.397 e. The minimum Gasteiger partial charge on any atom is -0.397 e. The van der Waals surface area contributed by atoms with Gasteiger partial charge in [-0.05, 0) is 24.6 Å². The fourth-order valence-electron chi connectivity index (χ4n) is 1.92. The Morgan fingerprint density at radius 1 is 1.50 bits per heavy atom. The van der Waals surface area contributed by atoms with E-state index in [1.807, 2.05) is 6.92 Å². The molecule has 5 nitrogen and oxygen atoms in total. The molecule has 1 aromatic heterocycles. The van der Waals surface area contributed by atoms with Crippen LogP contribution in [0.2, 0.25) is 0 Å². The van der Waals surface area contributed by atoms with Crippen molar-refractivity contribution in [1.29, 1.82) is 0 Å². The quantitative estimate of drug-likeness (QED) is 0.822. The Balaban J connectivity index is 2.05. The van der Waals surface area contributed by atoms with Gasteiger partial charge in [0.15, 0.2) is 0 Å². The first kappa shape index (κ1) is 14.0. The predicted molar refractivity (Wildman–Crippen MR) is 75.7 cm³/mol. The van der Waals surface area contributed by atoms with Crippen molar-refractivity contribution in [3.63, 3.8) is 0 Å². The number of aryl methyl sites for hydroxylation is 1. The highest BCUT2D eigenvalue weighted by Gasteiger charge is 2.09. The number of benzene rings is 1. The molecule has 3 N–H and O–H groups in total. The van der Waals surface area contributed by atoms with Crippen LogP contribution in [0, 0.1) is 5.82 Å². The summed E-state index contributed by atoms with van der Waals surface area (Å²) in [6.07, 6.45) is 5.17. The number of nitrogen functional groups attached to an aromatic ring is 1. The molecule has 0 aliphatic rings. The molecule has 0 saturated carbocycles. The first-order valence-corrected chi connectivity index (χ1v) is 6.45. The molecule has 0 aliphatic heterocycles. The number of carbonyl (C=O) groups is 1. The maximum atomic E-state index is 13.1. The molecule has 0 fully saturated rings. The second-order valence-electron chi connectivity index (χ2n) is 4.50. The van der Waals surface area contributed by atoms with Crippen LogP contribution in [-0.4, -0.2) is 15.5 Å². The lowest BCUT2D eigenvalue weighted by Gasteiger charge is -2.10. The molecule has 20 heavy (non-hydrogen) atoms. The highest BCUT2D eigenvalue weighted by atomic mass is 19.1. The van der Waals surface area contributed by atoms with E-state index >= 15 is 0 Å². The van der Waals surface area contributed by atoms with Crippen LogP contribution in [0.3, 0.4) is 0 Å². The van der Waals surface area contributed by atoms with Crippen molar-refractivity contribution in [2.45, 2.75) is 26.3 Å². The van der Waals surface area contributed by atoms with Gasteiger partial charge in [0, 0.05) is 18.8 Å². The van der Waals surface area contributed by atoms with Gasteiger partial charge >= 0.3 is 0 Å². The summed E-state index contributed by atoms with van der Waals surface area (Å²) in [5.74, 6) is 0.149. The van der Waals surface area contributed by atoms with Crippen LogP contribution in [-0.2, 0) is 17.8 Å². The van der Waals surface area contributed by atoms with E-state index in [2.05, 4.69) is 10.3 Å². The van der Waals surface area contributed by atoms with Gasteiger partial charge in [-0.1, -0.05) is 6.92 Å². The number of hydrogen-bond acceptors (Lipinski definition) is 3. The van der Waals surface area contributed by atoms with Crippen molar-refractivity contribution in [3.05, 3.63) is 42.2 Å². The van der Waals surface area contributed by atoms with Crippen LogP contribution in [0.1, 0.15) is 19.2 Å². The molecule has 0 saturated heterocycles. The molecule has 2 aromatic rings. The fraction of sp³-hybridized carbons (Fsp3) is 0.286. The molecule has 1 heterocycles. The first-order valence-electron chi connectivity index (χ1n) is 6.45. The summed E-state index contributed by atoms with van der Waals surface area (Å²) in [6, 6.07) is 3.87. The van der Waals surface area contributed by atoms with Crippen molar-refractivity contribution in [2.24, 2.45) is 0 Å². The molecule has 106 valence electrons. The number of anilines is 2. The van der Waals surface area contributed by atoms with E-state index in [9.17, 15) is 9.18 Å². The number of halogens is 1. The van der Waals surface area contributed by atoms with Gasteiger partial charge in [-0.2, -0.15) is 0 Å². The van der Waals surface area contributed by atoms with E-state index < -0.39 is 5.82 Å². The molecular weight excluding hydrogens is 259 g/mol.